The molecule has 5 nitrogen and oxygen atoms in total. The lowest BCUT2D eigenvalue weighted by molar-refractivity contribution is 0.607. The quantitative estimate of drug-likeness (QED) is 0.780. The molecule has 2 N–H and O–H groups in total. The Morgan fingerprint density at radius 3 is 3.07 bits per heavy atom. The van der Waals surface area contributed by atoms with E-state index in [-0.39, 0.29) is 0 Å². The van der Waals surface area contributed by atoms with Crippen molar-refractivity contribution in [2.45, 2.75) is 26.4 Å². The Balaban J connectivity index is 1.95. The predicted molar refractivity (Wildman–Crippen MR) is 58.4 cm³/mol. The summed E-state index contributed by atoms with van der Waals surface area (Å²) in [5.41, 5.74) is 1.07. The third kappa shape index (κ3) is 2.37. The second kappa shape index (κ2) is 4.63. The highest BCUT2D eigenvalue weighted by Gasteiger charge is 2.00. The number of aromatic amines is 1. The molecule has 5 heteroatoms. The van der Waals surface area contributed by atoms with Crippen molar-refractivity contribution in [2.75, 3.05) is 5.32 Å². The van der Waals surface area contributed by atoms with Gasteiger partial charge in [-0.2, -0.15) is 10.2 Å². The third-order valence-electron chi connectivity index (χ3n) is 2.17. The Hall–Kier alpha value is -1.78. The average molecular weight is 205 g/mol. The van der Waals surface area contributed by atoms with Crippen LogP contribution in [0.2, 0.25) is 0 Å². The summed E-state index contributed by atoms with van der Waals surface area (Å²) in [7, 11) is 0. The number of nitrogens with zero attached hydrogens (tertiary/aromatic N) is 3. The molecule has 0 atom stereocenters. The normalized spacial score (nSPS) is 10.5. The highest BCUT2D eigenvalue weighted by Crippen LogP contribution is 2.08. The van der Waals surface area contributed by atoms with Gasteiger partial charge in [-0.05, 0) is 12.5 Å². The van der Waals surface area contributed by atoms with E-state index in [1.54, 1.807) is 6.20 Å². The summed E-state index contributed by atoms with van der Waals surface area (Å²) < 4.78 is 1.97. The Morgan fingerprint density at radius 2 is 2.33 bits per heavy atom. The first-order valence-electron chi connectivity index (χ1n) is 5.14. The maximum Gasteiger partial charge on any atom is 0.124 e. The van der Waals surface area contributed by atoms with Crippen molar-refractivity contribution in [1.29, 1.82) is 0 Å². The summed E-state index contributed by atoms with van der Waals surface area (Å²) in [6.07, 6.45) is 4.64. The molecule has 0 amide bonds. The van der Waals surface area contributed by atoms with Gasteiger partial charge in [-0.3, -0.25) is 5.10 Å². The van der Waals surface area contributed by atoms with Gasteiger partial charge in [-0.1, -0.05) is 6.92 Å². The largest absolute Gasteiger partial charge is 0.365 e. The SMILES string of the molecule is CCCn1nccc1NCc1ccn[nH]1. The van der Waals surface area contributed by atoms with Gasteiger partial charge in [-0.15, -0.1) is 0 Å². The zero-order valence-electron chi connectivity index (χ0n) is 8.77. The van der Waals surface area contributed by atoms with E-state index in [2.05, 4.69) is 27.5 Å². The predicted octanol–water partition coefficient (Wildman–Crippen LogP) is 1.63. The van der Waals surface area contributed by atoms with Gasteiger partial charge in [0.2, 0.25) is 0 Å². The van der Waals surface area contributed by atoms with E-state index < -0.39 is 0 Å². The van der Waals surface area contributed by atoms with Crippen LogP contribution in [-0.2, 0) is 13.1 Å². The molecule has 0 aliphatic rings. The van der Waals surface area contributed by atoms with Crippen molar-refractivity contribution >= 4 is 5.82 Å². The number of nitrogens with one attached hydrogen (secondary N) is 2. The van der Waals surface area contributed by atoms with Crippen LogP contribution in [0.25, 0.3) is 0 Å². The van der Waals surface area contributed by atoms with Crippen molar-refractivity contribution in [2.24, 2.45) is 0 Å². The van der Waals surface area contributed by atoms with Crippen molar-refractivity contribution in [3.63, 3.8) is 0 Å². The molecule has 0 saturated heterocycles. The summed E-state index contributed by atoms with van der Waals surface area (Å²) in [5.74, 6) is 1.05. The van der Waals surface area contributed by atoms with Gasteiger partial charge in [-0.25, -0.2) is 4.68 Å². The first-order chi connectivity index (χ1) is 7.40. The number of rotatable bonds is 5. The second-order valence-electron chi connectivity index (χ2n) is 3.38. The van der Waals surface area contributed by atoms with Crippen molar-refractivity contribution in [3.05, 3.63) is 30.2 Å². The average Bonchev–Trinajstić information content (AvgIpc) is 2.85. The Bertz CT molecular complexity index is 390. The number of anilines is 1. The fourth-order valence-electron chi connectivity index (χ4n) is 1.44. The van der Waals surface area contributed by atoms with Gasteiger partial charge in [0.25, 0.3) is 0 Å². The number of H-pyrrole nitrogens is 1. The number of aryl methyl sites for hydroxylation is 1. The minimum absolute atomic E-state index is 0.745. The third-order valence-corrected chi connectivity index (χ3v) is 2.17. The molecular formula is C10H15N5. The lowest BCUT2D eigenvalue weighted by Crippen LogP contribution is -2.07. The van der Waals surface area contributed by atoms with Gasteiger partial charge in [0.05, 0.1) is 18.4 Å². The lowest BCUT2D eigenvalue weighted by atomic mass is 10.4. The maximum absolute atomic E-state index is 4.23. The van der Waals surface area contributed by atoms with Crippen molar-refractivity contribution in [1.82, 2.24) is 20.0 Å². The monoisotopic (exact) mass is 205 g/mol. The molecule has 2 aromatic heterocycles. The summed E-state index contributed by atoms with van der Waals surface area (Å²) >= 11 is 0. The molecular weight excluding hydrogens is 190 g/mol. The summed E-state index contributed by atoms with van der Waals surface area (Å²) in [6, 6.07) is 3.93. The van der Waals surface area contributed by atoms with Crippen LogP contribution in [0.1, 0.15) is 19.0 Å². The number of hydrogen-bond donors (Lipinski definition) is 2. The molecule has 80 valence electrons. The molecule has 0 aromatic carbocycles. The van der Waals surface area contributed by atoms with Crippen molar-refractivity contribution in [3.8, 4) is 0 Å². The molecule has 0 saturated carbocycles. The van der Waals surface area contributed by atoms with E-state index in [4.69, 9.17) is 0 Å². The molecule has 0 aliphatic carbocycles. The van der Waals surface area contributed by atoms with Crippen LogP contribution in [0.3, 0.4) is 0 Å². The Labute approximate surface area is 88.5 Å². The molecule has 2 aromatic rings. The zero-order chi connectivity index (χ0) is 10.5. The lowest BCUT2D eigenvalue weighted by Gasteiger charge is -2.07. The van der Waals surface area contributed by atoms with Crippen LogP contribution < -0.4 is 5.32 Å². The highest BCUT2D eigenvalue weighted by atomic mass is 15.3. The number of aromatic nitrogens is 4. The highest BCUT2D eigenvalue weighted by molar-refractivity contribution is 5.34. The van der Waals surface area contributed by atoms with Crippen LogP contribution >= 0.6 is 0 Å². The first-order valence-corrected chi connectivity index (χ1v) is 5.14. The summed E-state index contributed by atoms with van der Waals surface area (Å²) in [6.45, 7) is 3.83. The zero-order valence-corrected chi connectivity index (χ0v) is 8.77. The van der Waals surface area contributed by atoms with Crippen LogP contribution in [0.4, 0.5) is 5.82 Å². The molecule has 2 heterocycles. The van der Waals surface area contributed by atoms with E-state index in [0.29, 0.717) is 0 Å². The van der Waals surface area contributed by atoms with Crippen LogP contribution in [0.15, 0.2) is 24.5 Å². The van der Waals surface area contributed by atoms with Crippen LogP contribution in [0, 0.1) is 0 Å². The minimum Gasteiger partial charge on any atom is -0.365 e. The Morgan fingerprint density at radius 1 is 1.40 bits per heavy atom. The van der Waals surface area contributed by atoms with E-state index in [1.165, 1.54) is 0 Å². The first kappa shape index (κ1) is 9.76. The van der Waals surface area contributed by atoms with Gasteiger partial charge < -0.3 is 5.32 Å². The molecule has 15 heavy (non-hydrogen) atoms. The molecule has 0 bridgehead atoms. The van der Waals surface area contributed by atoms with Gasteiger partial charge in [0.1, 0.15) is 5.82 Å². The van der Waals surface area contributed by atoms with E-state index in [9.17, 15) is 0 Å². The van der Waals surface area contributed by atoms with Crippen molar-refractivity contribution < 1.29 is 0 Å². The molecule has 2 rings (SSSR count). The molecule has 0 radical (unpaired) electrons. The fraction of sp³-hybridized carbons (Fsp3) is 0.400. The van der Waals surface area contributed by atoms with E-state index in [1.807, 2.05) is 23.0 Å². The topological polar surface area (TPSA) is 58.5 Å². The van der Waals surface area contributed by atoms with Gasteiger partial charge >= 0.3 is 0 Å². The standard InChI is InChI=1S/C10H15N5/c1-2-7-15-10(4-6-13-15)11-8-9-3-5-12-14-9/h3-6,11H,2,7-8H2,1H3,(H,12,14). The minimum atomic E-state index is 0.745. The Kier molecular flexibility index (Phi) is 3.02. The van der Waals surface area contributed by atoms with Gasteiger partial charge in [0, 0.05) is 18.8 Å². The van der Waals surface area contributed by atoms with Crippen LogP contribution in [0.5, 0.6) is 0 Å². The van der Waals surface area contributed by atoms with E-state index >= 15 is 0 Å². The molecule has 0 fully saturated rings. The molecule has 0 aliphatic heterocycles. The smallest absolute Gasteiger partial charge is 0.124 e. The number of hydrogen-bond acceptors (Lipinski definition) is 3. The fourth-order valence-corrected chi connectivity index (χ4v) is 1.44. The maximum atomic E-state index is 4.23. The van der Waals surface area contributed by atoms with Gasteiger partial charge in [0.15, 0.2) is 0 Å². The summed E-state index contributed by atoms with van der Waals surface area (Å²) in [4.78, 5) is 0. The second-order valence-corrected chi connectivity index (χ2v) is 3.38. The molecule has 0 spiro atoms. The van der Waals surface area contributed by atoms with Crippen LogP contribution in [-0.4, -0.2) is 20.0 Å². The summed E-state index contributed by atoms with van der Waals surface area (Å²) in [5, 5.41) is 14.3. The van der Waals surface area contributed by atoms with E-state index in [0.717, 1.165) is 31.0 Å². The molecule has 0 unspecified atom stereocenters.